The molecule has 3 heterocycles. The van der Waals surface area contributed by atoms with Gasteiger partial charge in [0.05, 0.1) is 5.39 Å². The maximum Gasteiger partial charge on any atom is 0.241 e. The molecule has 1 amide bonds. The number of rotatable bonds is 7. The Kier molecular flexibility index (Phi) is 6.32. The number of ether oxygens (including phenoxy) is 1. The zero-order valence-corrected chi connectivity index (χ0v) is 19.4. The van der Waals surface area contributed by atoms with Gasteiger partial charge >= 0.3 is 0 Å². The predicted octanol–water partition coefficient (Wildman–Crippen LogP) is 3.74. The van der Waals surface area contributed by atoms with Crippen LogP contribution in [0.4, 0.5) is 17.3 Å². The molecule has 1 aliphatic heterocycles. The molecule has 9 nitrogen and oxygen atoms in total. The Bertz CT molecular complexity index is 1360. The fourth-order valence-corrected chi connectivity index (χ4v) is 3.97. The first-order chi connectivity index (χ1) is 17.0. The first kappa shape index (κ1) is 22.4. The van der Waals surface area contributed by atoms with Crippen LogP contribution in [-0.4, -0.2) is 59.0 Å². The predicted molar refractivity (Wildman–Crippen MR) is 138 cm³/mol. The van der Waals surface area contributed by atoms with Gasteiger partial charge < -0.3 is 30.6 Å². The summed E-state index contributed by atoms with van der Waals surface area (Å²) in [5.74, 6) is 0.921. The van der Waals surface area contributed by atoms with E-state index in [-0.39, 0.29) is 0 Å². The molecule has 2 aromatic carbocycles. The van der Waals surface area contributed by atoms with Crippen molar-refractivity contribution in [1.82, 2.24) is 19.9 Å². The largest absolute Gasteiger partial charge is 0.438 e. The number of aromatic amines is 1. The summed E-state index contributed by atoms with van der Waals surface area (Å²) in [7, 11) is 2.15. The van der Waals surface area contributed by atoms with Gasteiger partial charge in [-0.15, -0.1) is 0 Å². The molecule has 0 unspecified atom stereocenters. The molecular formula is C26H27N7O2. The fourth-order valence-electron chi connectivity index (χ4n) is 3.97. The number of hydrogen-bond donors (Lipinski definition) is 3. The molecule has 35 heavy (non-hydrogen) atoms. The normalized spacial score (nSPS) is 14.5. The molecule has 0 atom stereocenters. The van der Waals surface area contributed by atoms with Crippen molar-refractivity contribution in [1.29, 1.82) is 0 Å². The Labute approximate surface area is 203 Å². The van der Waals surface area contributed by atoms with E-state index in [2.05, 4.69) is 49.2 Å². The first-order valence-electron chi connectivity index (χ1n) is 11.4. The van der Waals surface area contributed by atoms with Crippen LogP contribution in [-0.2, 0) is 4.79 Å². The standard InChI is InChI=1S/C26H27N7O2/c1-32-13-15-33(16-14-32)20-8-6-19(7-9-20)29-26-30-24-22(11-12-28-24)25(31-26)35-21-4-2-3-18(17-21)5-10-23(27)34/h2-12,17H,13-16H2,1H3,(H2,27,34)(H2,28,29,30,31). The summed E-state index contributed by atoms with van der Waals surface area (Å²) in [6, 6.07) is 17.5. The quantitative estimate of drug-likeness (QED) is 0.354. The number of aromatic nitrogens is 3. The number of hydrogen-bond acceptors (Lipinski definition) is 7. The Morgan fingerprint density at radius 3 is 2.66 bits per heavy atom. The lowest BCUT2D eigenvalue weighted by molar-refractivity contribution is -0.113. The number of H-pyrrole nitrogens is 1. The van der Waals surface area contributed by atoms with Crippen molar-refractivity contribution in [3.63, 3.8) is 0 Å². The highest BCUT2D eigenvalue weighted by Crippen LogP contribution is 2.30. The molecule has 1 aliphatic rings. The van der Waals surface area contributed by atoms with E-state index in [1.54, 1.807) is 12.3 Å². The zero-order valence-electron chi connectivity index (χ0n) is 19.4. The van der Waals surface area contributed by atoms with Gasteiger partial charge in [-0.3, -0.25) is 4.79 Å². The van der Waals surface area contributed by atoms with Crippen LogP contribution < -0.4 is 20.7 Å². The van der Waals surface area contributed by atoms with Gasteiger partial charge in [-0.25, -0.2) is 0 Å². The number of piperazine rings is 1. The van der Waals surface area contributed by atoms with Crippen molar-refractivity contribution >= 4 is 40.3 Å². The van der Waals surface area contributed by atoms with Gasteiger partial charge in [0, 0.05) is 49.8 Å². The number of amides is 1. The summed E-state index contributed by atoms with van der Waals surface area (Å²) in [4.78, 5) is 28.1. The van der Waals surface area contributed by atoms with E-state index in [9.17, 15) is 4.79 Å². The number of carbonyl (C=O) groups is 1. The summed E-state index contributed by atoms with van der Waals surface area (Å²) in [6.07, 6.45) is 4.75. The van der Waals surface area contributed by atoms with Gasteiger partial charge in [0.25, 0.3) is 0 Å². The highest BCUT2D eigenvalue weighted by atomic mass is 16.5. The molecule has 0 spiro atoms. The third-order valence-electron chi connectivity index (χ3n) is 5.89. The van der Waals surface area contributed by atoms with Crippen LogP contribution in [0.3, 0.4) is 0 Å². The number of anilines is 3. The van der Waals surface area contributed by atoms with Gasteiger partial charge in [-0.2, -0.15) is 9.97 Å². The van der Waals surface area contributed by atoms with Gasteiger partial charge in [0.2, 0.25) is 17.7 Å². The summed E-state index contributed by atoms with van der Waals surface area (Å²) in [5, 5.41) is 4.04. The molecule has 1 saturated heterocycles. The minimum atomic E-state index is -0.506. The minimum absolute atomic E-state index is 0.420. The van der Waals surface area contributed by atoms with Gasteiger partial charge in [-0.05, 0) is 61.2 Å². The van der Waals surface area contributed by atoms with Gasteiger partial charge in [-0.1, -0.05) is 12.1 Å². The average Bonchev–Trinajstić information content (AvgIpc) is 3.33. The number of nitrogens with one attached hydrogen (secondary N) is 2. The molecule has 2 aromatic heterocycles. The maximum atomic E-state index is 11.0. The molecule has 0 bridgehead atoms. The lowest BCUT2D eigenvalue weighted by atomic mass is 10.2. The van der Waals surface area contributed by atoms with Crippen LogP contribution in [0, 0.1) is 0 Å². The lowest BCUT2D eigenvalue weighted by Gasteiger charge is -2.34. The molecule has 9 heteroatoms. The van der Waals surface area contributed by atoms with Gasteiger partial charge in [0.1, 0.15) is 11.4 Å². The van der Waals surface area contributed by atoms with Crippen LogP contribution in [0.2, 0.25) is 0 Å². The van der Waals surface area contributed by atoms with E-state index < -0.39 is 5.91 Å². The summed E-state index contributed by atoms with van der Waals surface area (Å²) >= 11 is 0. The van der Waals surface area contributed by atoms with Crippen LogP contribution in [0.5, 0.6) is 11.6 Å². The Balaban J connectivity index is 1.35. The van der Waals surface area contributed by atoms with E-state index >= 15 is 0 Å². The maximum absolute atomic E-state index is 11.0. The second-order valence-electron chi connectivity index (χ2n) is 8.46. The number of primary amides is 1. The van der Waals surface area contributed by atoms with E-state index in [0.29, 0.717) is 23.2 Å². The minimum Gasteiger partial charge on any atom is -0.438 e. The van der Waals surface area contributed by atoms with Crippen molar-refractivity contribution in [2.75, 3.05) is 43.4 Å². The molecule has 5 rings (SSSR count). The smallest absolute Gasteiger partial charge is 0.241 e. The molecule has 4 aromatic rings. The van der Waals surface area contributed by atoms with Crippen LogP contribution in [0.25, 0.3) is 17.1 Å². The summed E-state index contributed by atoms with van der Waals surface area (Å²) < 4.78 is 6.11. The van der Waals surface area contributed by atoms with Crippen molar-refractivity contribution in [2.45, 2.75) is 0 Å². The zero-order chi connectivity index (χ0) is 24.2. The number of nitrogens with zero attached hydrogens (tertiary/aromatic N) is 4. The number of fused-ring (bicyclic) bond motifs is 1. The number of carbonyl (C=O) groups excluding carboxylic acids is 1. The summed E-state index contributed by atoms with van der Waals surface area (Å²) in [5.41, 5.74) is 8.74. The first-order valence-corrected chi connectivity index (χ1v) is 11.4. The monoisotopic (exact) mass is 469 g/mol. The second kappa shape index (κ2) is 9.86. The molecule has 0 radical (unpaired) electrons. The molecule has 4 N–H and O–H groups in total. The Morgan fingerprint density at radius 2 is 1.89 bits per heavy atom. The third-order valence-corrected chi connectivity index (χ3v) is 5.89. The van der Waals surface area contributed by atoms with Crippen molar-refractivity contribution in [2.24, 2.45) is 5.73 Å². The van der Waals surface area contributed by atoms with Crippen LogP contribution in [0.1, 0.15) is 5.56 Å². The van der Waals surface area contributed by atoms with E-state index in [4.69, 9.17) is 10.5 Å². The van der Waals surface area contributed by atoms with E-state index in [1.807, 2.05) is 42.5 Å². The fraction of sp³-hybridized carbons (Fsp3) is 0.192. The number of likely N-dealkylation sites (N-methyl/N-ethyl adjacent to an activating group) is 1. The van der Waals surface area contributed by atoms with Crippen molar-refractivity contribution in [3.05, 3.63) is 72.4 Å². The van der Waals surface area contributed by atoms with E-state index in [1.165, 1.54) is 11.8 Å². The Morgan fingerprint density at radius 1 is 1.09 bits per heavy atom. The van der Waals surface area contributed by atoms with Crippen LogP contribution >= 0.6 is 0 Å². The number of nitrogens with two attached hydrogens (primary N) is 1. The highest BCUT2D eigenvalue weighted by Gasteiger charge is 2.15. The Hall–Kier alpha value is -4.37. The summed E-state index contributed by atoms with van der Waals surface area (Å²) in [6.45, 7) is 4.18. The lowest BCUT2D eigenvalue weighted by Crippen LogP contribution is -2.44. The topological polar surface area (TPSA) is 112 Å². The van der Waals surface area contributed by atoms with Crippen LogP contribution in [0.15, 0.2) is 66.9 Å². The van der Waals surface area contributed by atoms with Crippen molar-refractivity contribution < 1.29 is 9.53 Å². The molecular weight excluding hydrogens is 442 g/mol. The SMILES string of the molecule is CN1CCN(c2ccc(Nc3nc(Oc4cccc(C=CC(N)=O)c4)c4cc[nH]c4n3)cc2)CC1. The second-order valence-corrected chi connectivity index (χ2v) is 8.46. The van der Waals surface area contributed by atoms with Gasteiger partial charge in [0.15, 0.2) is 0 Å². The molecule has 0 saturated carbocycles. The highest BCUT2D eigenvalue weighted by molar-refractivity contribution is 5.90. The molecule has 0 aliphatic carbocycles. The third kappa shape index (κ3) is 5.42. The van der Waals surface area contributed by atoms with Crippen molar-refractivity contribution in [3.8, 4) is 11.6 Å². The molecule has 178 valence electrons. The van der Waals surface area contributed by atoms with E-state index in [0.717, 1.165) is 42.8 Å². The number of benzene rings is 2. The molecule has 1 fully saturated rings. The average molecular weight is 470 g/mol.